The molecule has 0 radical (unpaired) electrons. The van der Waals surface area contributed by atoms with E-state index in [-0.39, 0.29) is 5.41 Å². The number of hydrogen-bond donors (Lipinski definition) is 3. The topological polar surface area (TPSA) is 60.7 Å². The molecule has 2 fully saturated rings. The lowest BCUT2D eigenvalue weighted by atomic mass is 9.63. The molecule has 0 aromatic carbocycles. The molecule has 2 saturated carbocycles. The van der Waals surface area contributed by atoms with Gasteiger partial charge in [-0.1, -0.05) is 58.4 Å². The van der Waals surface area contributed by atoms with Crippen molar-refractivity contribution in [2.24, 2.45) is 16.7 Å². The summed E-state index contributed by atoms with van der Waals surface area (Å²) in [6, 6.07) is 0. The zero-order chi connectivity index (χ0) is 21.2. The highest BCUT2D eigenvalue weighted by Gasteiger charge is 2.49. The number of unbranched alkanes of at least 4 members (excludes halogenated alkanes) is 1. The summed E-state index contributed by atoms with van der Waals surface area (Å²) in [5.74, 6) is 0.523. The molecule has 0 amide bonds. The summed E-state index contributed by atoms with van der Waals surface area (Å²) >= 11 is 0. The predicted molar refractivity (Wildman–Crippen MR) is 117 cm³/mol. The quantitative estimate of drug-likeness (QED) is 0.516. The van der Waals surface area contributed by atoms with Gasteiger partial charge in [-0.3, -0.25) is 0 Å². The third-order valence-electron chi connectivity index (χ3n) is 7.66. The molecule has 0 heterocycles. The fraction of sp³-hybridized carbons (Fsp3) is 0.760. The summed E-state index contributed by atoms with van der Waals surface area (Å²) in [7, 11) is 0. The Morgan fingerprint density at radius 3 is 2.50 bits per heavy atom. The second-order valence-corrected chi connectivity index (χ2v) is 10.7. The van der Waals surface area contributed by atoms with Crippen molar-refractivity contribution in [1.29, 1.82) is 0 Å². The van der Waals surface area contributed by atoms with Gasteiger partial charge in [-0.2, -0.15) is 0 Å². The van der Waals surface area contributed by atoms with Gasteiger partial charge in [-0.15, -0.1) is 0 Å². The van der Waals surface area contributed by atoms with Crippen LogP contribution < -0.4 is 0 Å². The van der Waals surface area contributed by atoms with Crippen LogP contribution in [0.2, 0.25) is 0 Å². The highest BCUT2D eigenvalue weighted by molar-refractivity contribution is 5.37. The van der Waals surface area contributed by atoms with Gasteiger partial charge >= 0.3 is 0 Å². The molecule has 3 heteroatoms. The van der Waals surface area contributed by atoms with Gasteiger partial charge in [0.1, 0.15) is 0 Å². The lowest BCUT2D eigenvalue weighted by Gasteiger charge is -2.41. The maximum atomic E-state index is 9.99. The highest BCUT2D eigenvalue weighted by Crippen LogP contribution is 2.58. The van der Waals surface area contributed by atoms with Gasteiger partial charge in [-0.25, -0.2) is 0 Å². The average molecular weight is 391 g/mol. The Kier molecular flexibility index (Phi) is 7.39. The van der Waals surface area contributed by atoms with Crippen molar-refractivity contribution >= 4 is 0 Å². The van der Waals surface area contributed by atoms with Gasteiger partial charge in [0.05, 0.1) is 17.8 Å². The first-order valence-corrected chi connectivity index (χ1v) is 11.0. The van der Waals surface area contributed by atoms with Crippen LogP contribution in [0.4, 0.5) is 0 Å². The molecule has 0 spiro atoms. The van der Waals surface area contributed by atoms with E-state index >= 15 is 0 Å². The molecule has 2 rings (SSSR count). The molecule has 0 bridgehead atoms. The molecule has 0 unspecified atom stereocenters. The van der Waals surface area contributed by atoms with Crippen LogP contribution in [0.1, 0.15) is 86.0 Å². The van der Waals surface area contributed by atoms with Crippen LogP contribution in [0, 0.1) is 16.7 Å². The van der Waals surface area contributed by atoms with E-state index < -0.39 is 17.8 Å². The first kappa shape index (κ1) is 23.4. The normalized spacial score (nSPS) is 35.2. The molecule has 28 heavy (non-hydrogen) atoms. The molecule has 2 aliphatic carbocycles. The molecule has 0 aliphatic heterocycles. The van der Waals surface area contributed by atoms with Crippen LogP contribution in [0.25, 0.3) is 0 Å². The zero-order valence-corrected chi connectivity index (χ0v) is 18.7. The van der Waals surface area contributed by atoms with E-state index in [1.807, 2.05) is 19.9 Å². The van der Waals surface area contributed by atoms with Crippen molar-refractivity contribution in [1.82, 2.24) is 0 Å². The number of aliphatic hydroxyl groups is 3. The van der Waals surface area contributed by atoms with Crippen LogP contribution >= 0.6 is 0 Å². The molecule has 0 saturated heterocycles. The largest absolute Gasteiger partial charge is 0.393 e. The lowest BCUT2D eigenvalue weighted by molar-refractivity contribution is 0.0606. The number of hydrogen-bond acceptors (Lipinski definition) is 3. The molecule has 2 aliphatic rings. The van der Waals surface area contributed by atoms with Gasteiger partial charge in [-0.05, 0) is 73.8 Å². The third-order valence-corrected chi connectivity index (χ3v) is 7.66. The van der Waals surface area contributed by atoms with Crippen molar-refractivity contribution in [2.45, 2.75) is 104 Å². The zero-order valence-electron chi connectivity index (χ0n) is 18.7. The Labute approximate surface area is 172 Å². The summed E-state index contributed by atoms with van der Waals surface area (Å²) < 4.78 is 0. The monoisotopic (exact) mass is 390 g/mol. The molecule has 3 N–H and O–H groups in total. The summed E-state index contributed by atoms with van der Waals surface area (Å²) in [6.07, 6.45) is 13.1. The van der Waals surface area contributed by atoms with Crippen molar-refractivity contribution in [3.8, 4) is 0 Å². The first-order chi connectivity index (χ1) is 12.9. The van der Waals surface area contributed by atoms with Crippen LogP contribution in [0.5, 0.6) is 0 Å². The molecule has 160 valence electrons. The summed E-state index contributed by atoms with van der Waals surface area (Å²) in [6.45, 7) is 15.0. The standard InChI is InChI=1S/C25H42O3/c1-18-19(16-21(26)17-22(18)27)10-9-11-20-12-15-25(6,24(20,4)5)14-8-7-13-23(2,3)28/h9-11,20-22,26-28H,1,7-8,12-17H2,2-6H3/b11-9+,19-10-/t20-,21-,22+,25+/m1/s1. The van der Waals surface area contributed by atoms with E-state index in [2.05, 4.69) is 39.5 Å². The van der Waals surface area contributed by atoms with Crippen molar-refractivity contribution in [3.63, 3.8) is 0 Å². The van der Waals surface area contributed by atoms with Crippen LogP contribution in [0.3, 0.4) is 0 Å². The minimum Gasteiger partial charge on any atom is -0.393 e. The average Bonchev–Trinajstić information content (AvgIpc) is 2.79. The summed E-state index contributed by atoms with van der Waals surface area (Å²) in [5.41, 5.74) is 1.69. The molecule has 3 nitrogen and oxygen atoms in total. The van der Waals surface area contributed by atoms with Gasteiger partial charge < -0.3 is 15.3 Å². The highest BCUT2D eigenvalue weighted by atomic mass is 16.3. The molecule has 4 atom stereocenters. The minimum atomic E-state index is -0.626. The second-order valence-electron chi connectivity index (χ2n) is 10.7. The summed E-state index contributed by atoms with van der Waals surface area (Å²) in [5, 5.41) is 29.8. The lowest BCUT2D eigenvalue weighted by Crippen LogP contribution is -2.33. The van der Waals surface area contributed by atoms with E-state index in [0.29, 0.717) is 24.2 Å². The Morgan fingerprint density at radius 2 is 1.86 bits per heavy atom. The molecule has 0 aromatic heterocycles. The fourth-order valence-corrected chi connectivity index (χ4v) is 5.02. The number of aliphatic hydroxyl groups excluding tert-OH is 2. The Balaban J connectivity index is 1.97. The SMILES string of the molecule is C=C1/C(=C\C=C\[C@@H]2CC[C@](C)(CCCCC(C)(C)O)C2(C)C)C[C@@H](O)C[C@@H]1O. The molecular weight excluding hydrogens is 348 g/mol. The Bertz CT molecular complexity index is 608. The van der Waals surface area contributed by atoms with Gasteiger partial charge in [0.15, 0.2) is 0 Å². The van der Waals surface area contributed by atoms with E-state index in [0.717, 1.165) is 24.0 Å². The van der Waals surface area contributed by atoms with Gasteiger partial charge in [0.2, 0.25) is 0 Å². The van der Waals surface area contributed by atoms with Crippen molar-refractivity contribution in [2.75, 3.05) is 0 Å². The molecular formula is C25H42O3. The molecule has 0 aromatic rings. The third kappa shape index (κ3) is 5.58. The fourth-order valence-electron chi connectivity index (χ4n) is 5.02. The van der Waals surface area contributed by atoms with Gasteiger partial charge in [0, 0.05) is 6.42 Å². The predicted octanol–water partition coefficient (Wildman–Crippen LogP) is 5.31. The van der Waals surface area contributed by atoms with Crippen molar-refractivity contribution < 1.29 is 15.3 Å². The maximum absolute atomic E-state index is 9.99. The van der Waals surface area contributed by atoms with Crippen molar-refractivity contribution in [3.05, 3.63) is 36.0 Å². The van der Waals surface area contributed by atoms with Gasteiger partial charge in [0.25, 0.3) is 0 Å². The van der Waals surface area contributed by atoms with Crippen LogP contribution in [-0.4, -0.2) is 33.1 Å². The maximum Gasteiger partial charge on any atom is 0.0811 e. The number of rotatable bonds is 7. The Morgan fingerprint density at radius 1 is 1.18 bits per heavy atom. The van der Waals surface area contributed by atoms with Crippen LogP contribution in [-0.2, 0) is 0 Å². The van der Waals surface area contributed by atoms with E-state index in [4.69, 9.17) is 0 Å². The van der Waals surface area contributed by atoms with Crippen LogP contribution in [0.15, 0.2) is 36.0 Å². The van der Waals surface area contributed by atoms with E-state index in [1.54, 1.807) is 0 Å². The minimum absolute atomic E-state index is 0.222. The second kappa shape index (κ2) is 8.85. The summed E-state index contributed by atoms with van der Waals surface area (Å²) in [4.78, 5) is 0. The number of allylic oxidation sites excluding steroid dienone is 3. The smallest absolute Gasteiger partial charge is 0.0811 e. The van der Waals surface area contributed by atoms with E-state index in [9.17, 15) is 15.3 Å². The Hall–Kier alpha value is -0.900. The first-order valence-electron chi connectivity index (χ1n) is 11.0. The van der Waals surface area contributed by atoms with E-state index in [1.165, 1.54) is 25.7 Å².